The molecule has 0 spiro atoms. The zero-order valence-corrected chi connectivity index (χ0v) is 14.5. The third kappa shape index (κ3) is 3.31. The van der Waals surface area contributed by atoms with E-state index >= 15 is 0 Å². The van der Waals surface area contributed by atoms with Crippen LogP contribution in [0.2, 0.25) is 0 Å². The van der Waals surface area contributed by atoms with Crippen LogP contribution >= 0.6 is 0 Å². The molecule has 9 heteroatoms. The molecule has 0 unspecified atom stereocenters. The number of ether oxygens (including phenoxy) is 1. The van der Waals surface area contributed by atoms with Crippen LogP contribution in [0, 0.1) is 0 Å². The van der Waals surface area contributed by atoms with E-state index in [-0.39, 0.29) is 23.7 Å². The second-order valence-corrected chi connectivity index (χ2v) is 8.87. The molecule has 0 fully saturated rings. The Morgan fingerprint density at radius 2 is 1.75 bits per heavy atom. The normalized spacial score (nSPS) is 14.6. The fourth-order valence-electron chi connectivity index (χ4n) is 2.41. The molecule has 0 amide bonds. The highest BCUT2D eigenvalue weighted by atomic mass is 32.2. The molecular weight excluding hydrogens is 352 g/mol. The average Bonchev–Trinajstić information content (AvgIpc) is 2.54. The molecule has 1 aliphatic rings. The third-order valence-electron chi connectivity index (χ3n) is 3.49. The lowest BCUT2D eigenvalue weighted by atomic mass is 10.2. The summed E-state index contributed by atoms with van der Waals surface area (Å²) in [6.07, 6.45) is 1.10. The fourth-order valence-corrected chi connectivity index (χ4v) is 4.39. The van der Waals surface area contributed by atoms with Crippen LogP contribution < -0.4 is 13.8 Å². The quantitative estimate of drug-likeness (QED) is 0.886. The van der Waals surface area contributed by atoms with Crippen LogP contribution in [0.5, 0.6) is 5.75 Å². The minimum absolute atomic E-state index is 0.124. The molecule has 128 valence electrons. The summed E-state index contributed by atoms with van der Waals surface area (Å²) >= 11 is 0. The zero-order valence-electron chi connectivity index (χ0n) is 12.8. The number of benzene rings is 2. The Morgan fingerprint density at radius 1 is 1.04 bits per heavy atom. The van der Waals surface area contributed by atoms with E-state index in [0.717, 1.165) is 6.26 Å². The first kappa shape index (κ1) is 16.6. The summed E-state index contributed by atoms with van der Waals surface area (Å²) in [6.45, 7) is 0.426. The number of sulfonamides is 2. The highest BCUT2D eigenvalue weighted by Gasteiger charge is 2.26. The van der Waals surface area contributed by atoms with Gasteiger partial charge in [-0.2, -0.15) is 0 Å². The molecule has 1 N–H and O–H groups in total. The van der Waals surface area contributed by atoms with Crippen molar-refractivity contribution in [3.05, 3.63) is 48.5 Å². The van der Waals surface area contributed by atoms with Gasteiger partial charge >= 0.3 is 0 Å². The third-order valence-corrected chi connectivity index (χ3v) is 6.06. The van der Waals surface area contributed by atoms with Crippen molar-refractivity contribution in [1.82, 2.24) is 0 Å². The van der Waals surface area contributed by atoms with Crippen molar-refractivity contribution in [2.75, 3.05) is 28.4 Å². The van der Waals surface area contributed by atoms with Crippen molar-refractivity contribution in [3.63, 3.8) is 0 Å². The summed E-state index contributed by atoms with van der Waals surface area (Å²) in [5.74, 6) is 0.398. The van der Waals surface area contributed by atoms with E-state index < -0.39 is 20.0 Å². The Morgan fingerprint density at radius 3 is 2.42 bits per heavy atom. The maximum Gasteiger partial charge on any atom is 0.261 e. The van der Waals surface area contributed by atoms with Crippen molar-refractivity contribution in [2.45, 2.75) is 4.90 Å². The lowest BCUT2D eigenvalue weighted by Crippen LogP contribution is -2.37. The molecule has 0 atom stereocenters. The van der Waals surface area contributed by atoms with Gasteiger partial charge in [0.15, 0.2) is 0 Å². The number of nitrogens with zero attached hydrogens (tertiary/aromatic N) is 1. The van der Waals surface area contributed by atoms with E-state index in [4.69, 9.17) is 4.74 Å². The first-order valence-corrected chi connectivity index (χ1v) is 10.4. The molecule has 7 nitrogen and oxygen atoms in total. The molecule has 2 aromatic carbocycles. The molecule has 2 aromatic rings. The van der Waals surface area contributed by atoms with Crippen molar-refractivity contribution < 1.29 is 21.6 Å². The Balaban J connectivity index is 1.97. The largest absolute Gasteiger partial charge is 0.489 e. The lowest BCUT2D eigenvalue weighted by Gasteiger charge is -2.29. The standard InChI is InChI=1S/C15H16N2O5S2/c1-23(18,19)17-9-10-22-15-8-7-12(11-14(15)17)16-24(20,21)13-5-3-2-4-6-13/h2-8,11,16H,9-10H2,1H3. The molecule has 0 aliphatic carbocycles. The van der Waals surface area contributed by atoms with Crippen LogP contribution in [0.3, 0.4) is 0 Å². The van der Waals surface area contributed by atoms with Gasteiger partial charge in [0.2, 0.25) is 10.0 Å². The Hall–Kier alpha value is -2.26. The van der Waals surface area contributed by atoms with Gasteiger partial charge in [-0.25, -0.2) is 16.8 Å². The highest BCUT2D eigenvalue weighted by Crippen LogP contribution is 2.36. The van der Waals surface area contributed by atoms with Gasteiger partial charge in [0.1, 0.15) is 12.4 Å². The summed E-state index contributed by atoms with van der Waals surface area (Å²) in [7, 11) is -7.23. The molecule has 3 rings (SSSR count). The lowest BCUT2D eigenvalue weighted by molar-refractivity contribution is 0.316. The molecule has 0 saturated carbocycles. The van der Waals surface area contributed by atoms with Crippen LogP contribution in [-0.4, -0.2) is 36.2 Å². The second-order valence-electron chi connectivity index (χ2n) is 5.28. The highest BCUT2D eigenvalue weighted by molar-refractivity contribution is 7.92. The van der Waals surface area contributed by atoms with Crippen LogP contribution in [0.4, 0.5) is 11.4 Å². The maximum atomic E-state index is 12.4. The van der Waals surface area contributed by atoms with Crippen LogP contribution in [-0.2, 0) is 20.0 Å². The first-order chi connectivity index (χ1) is 11.3. The predicted octanol–water partition coefficient (Wildman–Crippen LogP) is 1.65. The van der Waals surface area contributed by atoms with Crippen molar-refractivity contribution in [2.24, 2.45) is 0 Å². The summed E-state index contributed by atoms with van der Waals surface area (Å²) in [4.78, 5) is 0.124. The van der Waals surface area contributed by atoms with Crippen LogP contribution in [0.1, 0.15) is 0 Å². The number of hydrogen-bond donors (Lipinski definition) is 1. The first-order valence-electron chi connectivity index (χ1n) is 7.10. The molecule has 1 aliphatic heterocycles. The molecule has 0 saturated heterocycles. The second kappa shape index (κ2) is 5.99. The van der Waals surface area contributed by atoms with Gasteiger partial charge in [-0.1, -0.05) is 18.2 Å². The molecule has 0 aromatic heterocycles. The van der Waals surface area contributed by atoms with E-state index in [1.807, 2.05) is 0 Å². The average molecular weight is 368 g/mol. The van der Waals surface area contributed by atoms with Gasteiger partial charge in [-0.05, 0) is 30.3 Å². The van der Waals surface area contributed by atoms with Gasteiger partial charge < -0.3 is 4.74 Å². The Kier molecular flexibility index (Phi) is 4.14. The van der Waals surface area contributed by atoms with E-state index in [1.54, 1.807) is 24.3 Å². The maximum absolute atomic E-state index is 12.4. The molecule has 0 radical (unpaired) electrons. The van der Waals surface area contributed by atoms with Crippen LogP contribution in [0.15, 0.2) is 53.4 Å². The predicted molar refractivity (Wildman–Crippen MR) is 91.4 cm³/mol. The van der Waals surface area contributed by atoms with E-state index in [1.165, 1.54) is 28.6 Å². The van der Waals surface area contributed by atoms with E-state index in [0.29, 0.717) is 11.4 Å². The number of rotatable bonds is 4. The zero-order chi connectivity index (χ0) is 17.4. The number of fused-ring (bicyclic) bond motifs is 1. The molecule has 1 heterocycles. The van der Waals surface area contributed by atoms with Crippen molar-refractivity contribution in [3.8, 4) is 5.75 Å². The number of nitrogens with one attached hydrogen (secondary N) is 1. The fraction of sp³-hybridized carbons (Fsp3) is 0.200. The van der Waals surface area contributed by atoms with Gasteiger partial charge in [0, 0.05) is 0 Å². The van der Waals surface area contributed by atoms with Crippen molar-refractivity contribution >= 4 is 31.4 Å². The Bertz CT molecular complexity index is 957. The van der Waals surface area contributed by atoms with Crippen LogP contribution in [0.25, 0.3) is 0 Å². The Labute approximate surface area is 141 Å². The van der Waals surface area contributed by atoms with Gasteiger partial charge in [0.05, 0.1) is 29.1 Å². The van der Waals surface area contributed by atoms with Crippen molar-refractivity contribution in [1.29, 1.82) is 0 Å². The van der Waals surface area contributed by atoms with Gasteiger partial charge in [-0.15, -0.1) is 0 Å². The molecule has 24 heavy (non-hydrogen) atoms. The SMILES string of the molecule is CS(=O)(=O)N1CCOc2ccc(NS(=O)(=O)c3ccccc3)cc21. The summed E-state index contributed by atoms with van der Waals surface area (Å²) in [5, 5.41) is 0. The minimum atomic E-state index is -3.75. The van der Waals surface area contributed by atoms with Gasteiger partial charge in [-0.3, -0.25) is 9.03 Å². The van der Waals surface area contributed by atoms with E-state index in [9.17, 15) is 16.8 Å². The number of anilines is 2. The monoisotopic (exact) mass is 368 g/mol. The summed E-state index contributed by atoms with van der Waals surface area (Å²) in [5.41, 5.74) is 0.578. The molecular formula is C15H16N2O5S2. The molecule has 0 bridgehead atoms. The summed E-state index contributed by atoms with van der Waals surface area (Å²) in [6, 6.07) is 12.5. The van der Waals surface area contributed by atoms with E-state index in [2.05, 4.69) is 4.72 Å². The smallest absolute Gasteiger partial charge is 0.261 e. The minimum Gasteiger partial charge on any atom is -0.489 e. The number of hydrogen-bond acceptors (Lipinski definition) is 5. The topological polar surface area (TPSA) is 92.8 Å². The summed E-state index contributed by atoms with van der Waals surface area (Å²) < 4.78 is 57.6. The van der Waals surface area contributed by atoms with Gasteiger partial charge in [0.25, 0.3) is 10.0 Å².